The molecule has 3 aromatic heterocycles. The number of aromatic amines is 1. The average molecular weight is 1110 g/mol. The fraction of sp³-hybridized carbons (Fsp3) is 0.540. The van der Waals surface area contributed by atoms with Gasteiger partial charge in [-0.05, 0) is 117 Å². The highest BCUT2D eigenvalue weighted by molar-refractivity contribution is 5.98. The third-order valence-electron chi connectivity index (χ3n) is 17.7. The Kier molecular flexibility index (Phi) is 19.3. The molecule has 0 bridgehead atoms. The second kappa shape index (κ2) is 27.3. The van der Waals surface area contributed by atoms with Gasteiger partial charge in [-0.25, -0.2) is 4.98 Å². The van der Waals surface area contributed by atoms with E-state index in [-0.39, 0.29) is 47.6 Å². The minimum atomic E-state index is -0.579. The molecule has 2 atom stereocenters. The third kappa shape index (κ3) is 14.4. The zero-order chi connectivity index (χ0) is 56.2. The van der Waals surface area contributed by atoms with E-state index in [0.717, 1.165) is 161 Å². The van der Waals surface area contributed by atoms with Crippen molar-refractivity contribution in [2.24, 2.45) is 11.8 Å². The first-order valence-corrected chi connectivity index (χ1v) is 30.0. The first kappa shape index (κ1) is 57.3. The predicted molar refractivity (Wildman–Crippen MR) is 314 cm³/mol. The highest BCUT2D eigenvalue weighted by atomic mass is 16.5. The van der Waals surface area contributed by atoms with Crippen LogP contribution in [0, 0.1) is 11.8 Å². The number of anilines is 1. The number of aryl methyl sites for hydroxylation is 1. The van der Waals surface area contributed by atoms with Gasteiger partial charge in [-0.3, -0.25) is 38.8 Å². The van der Waals surface area contributed by atoms with Crippen molar-refractivity contribution in [2.75, 3.05) is 110 Å². The number of methoxy groups -OCH3 is 1. The van der Waals surface area contributed by atoms with Crippen LogP contribution in [-0.2, 0) is 29.1 Å². The first-order chi connectivity index (χ1) is 39.5. The van der Waals surface area contributed by atoms with Gasteiger partial charge in [0.05, 0.1) is 43.2 Å². The summed E-state index contributed by atoms with van der Waals surface area (Å²) in [5.74, 6) is 1.95. The number of pyridine rings is 3. The summed E-state index contributed by atoms with van der Waals surface area (Å²) in [7, 11) is 1.63. The van der Waals surface area contributed by atoms with Gasteiger partial charge >= 0.3 is 0 Å². The van der Waals surface area contributed by atoms with E-state index in [4.69, 9.17) is 9.47 Å². The van der Waals surface area contributed by atoms with Gasteiger partial charge in [-0.2, -0.15) is 0 Å². The summed E-state index contributed by atoms with van der Waals surface area (Å²) < 4.78 is 11.2. The minimum Gasteiger partial charge on any atom is -0.497 e. The Morgan fingerprint density at radius 3 is 2.27 bits per heavy atom. The van der Waals surface area contributed by atoms with Crippen molar-refractivity contribution in [2.45, 2.75) is 103 Å². The van der Waals surface area contributed by atoms with Crippen LogP contribution in [0.1, 0.15) is 121 Å². The van der Waals surface area contributed by atoms with Crippen molar-refractivity contribution < 1.29 is 28.7 Å². The molecule has 2 aromatic carbocycles. The van der Waals surface area contributed by atoms with E-state index in [9.17, 15) is 24.0 Å². The molecule has 7 heterocycles. The molecular weight excluding hydrogens is 1020 g/mol. The van der Waals surface area contributed by atoms with E-state index in [0.29, 0.717) is 76.0 Å². The Bertz CT molecular complexity index is 3010. The van der Waals surface area contributed by atoms with Crippen LogP contribution in [0.3, 0.4) is 0 Å². The lowest BCUT2D eigenvalue weighted by Gasteiger charge is -2.41. The van der Waals surface area contributed by atoms with E-state index >= 15 is 0 Å². The van der Waals surface area contributed by atoms with Gasteiger partial charge in [0, 0.05) is 133 Å². The molecule has 81 heavy (non-hydrogen) atoms. The van der Waals surface area contributed by atoms with Gasteiger partial charge in [0.2, 0.25) is 11.8 Å². The van der Waals surface area contributed by atoms with Crippen LogP contribution in [0.5, 0.6) is 11.5 Å². The van der Waals surface area contributed by atoms with E-state index in [1.165, 1.54) is 0 Å². The maximum absolute atomic E-state index is 14.5. The molecule has 5 fully saturated rings. The van der Waals surface area contributed by atoms with Gasteiger partial charge in [0.15, 0.2) is 0 Å². The molecule has 18 heteroatoms. The van der Waals surface area contributed by atoms with Crippen LogP contribution in [-0.4, -0.2) is 174 Å². The molecule has 0 spiro atoms. The predicted octanol–water partition coefficient (Wildman–Crippen LogP) is 6.48. The van der Waals surface area contributed by atoms with Crippen molar-refractivity contribution in [3.8, 4) is 11.5 Å². The lowest BCUT2D eigenvalue weighted by Crippen LogP contribution is -2.57. The molecule has 4 aliphatic heterocycles. The van der Waals surface area contributed by atoms with Gasteiger partial charge in [0.25, 0.3) is 17.4 Å². The zero-order valence-corrected chi connectivity index (χ0v) is 47.8. The lowest BCUT2D eigenvalue weighted by molar-refractivity contribution is -0.137. The Hall–Kier alpha value is -6.89. The van der Waals surface area contributed by atoms with Gasteiger partial charge in [0.1, 0.15) is 23.2 Å². The van der Waals surface area contributed by atoms with Crippen LogP contribution < -0.4 is 30.6 Å². The van der Waals surface area contributed by atoms with Crippen molar-refractivity contribution >= 4 is 40.3 Å². The van der Waals surface area contributed by atoms with Gasteiger partial charge < -0.3 is 44.7 Å². The van der Waals surface area contributed by atoms with Crippen LogP contribution in [0.25, 0.3) is 11.0 Å². The molecule has 0 radical (unpaired) electrons. The molecule has 4 saturated heterocycles. The molecule has 18 nitrogen and oxygen atoms in total. The maximum Gasteiger partial charge on any atom is 0.272 e. The number of fused-ring (bicyclic) bond motifs is 1. The molecule has 1 saturated carbocycles. The number of piperazine rings is 2. The molecule has 432 valence electrons. The smallest absolute Gasteiger partial charge is 0.272 e. The van der Waals surface area contributed by atoms with Crippen LogP contribution in [0.15, 0.2) is 83.9 Å². The molecule has 0 unspecified atom stereocenters. The fourth-order valence-electron chi connectivity index (χ4n) is 12.8. The highest BCUT2D eigenvalue weighted by Gasteiger charge is 2.36. The monoisotopic (exact) mass is 1110 g/mol. The van der Waals surface area contributed by atoms with Crippen molar-refractivity contribution in [3.05, 3.63) is 123 Å². The second-order valence-electron chi connectivity index (χ2n) is 22.9. The van der Waals surface area contributed by atoms with Crippen molar-refractivity contribution in [1.82, 2.24) is 50.1 Å². The SMILES string of the molecule is CCOc1cc(OC)ccc1CNCC(=O)N1CCC[C@H](c2cccc(C(=O)N[C@H](C(=O)N3CCN(CC4CCN(C(=O)c5ccc(N6CCN(Cc7cnc8cc(CC)c(=O)[nH]c8c7)CC6)cn5)CC4)CC3)C3CCCCC3)c2)C1. The fourth-order valence-corrected chi connectivity index (χ4v) is 12.8. The highest BCUT2D eigenvalue weighted by Crippen LogP contribution is 2.31. The van der Waals surface area contributed by atoms with E-state index in [2.05, 4.69) is 46.4 Å². The second-order valence-corrected chi connectivity index (χ2v) is 22.9. The maximum atomic E-state index is 14.5. The van der Waals surface area contributed by atoms with E-state index in [1.54, 1.807) is 7.11 Å². The molecule has 10 rings (SSSR count). The van der Waals surface area contributed by atoms with Crippen molar-refractivity contribution in [3.63, 3.8) is 0 Å². The topological polar surface area (TPSA) is 189 Å². The summed E-state index contributed by atoms with van der Waals surface area (Å²) >= 11 is 0. The normalized spacial score (nSPS) is 19.4. The number of carbonyl (C=O) groups excluding carboxylic acids is 4. The van der Waals surface area contributed by atoms with Gasteiger partial charge in [-0.15, -0.1) is 0 Å². The standard InChI is InChI=1S/C63H83N11O7/c1-4-46-35-55-56(67-60(46)76)33-45(37-65-55)42-70-25-29-71(30-26-70)52-17-19-54(66-39-52)62(78)72-23-20-44(21-24-72)41-69-27-31-73(32-28-69)63(79)59(47-11-7-6-8-12-47)68-61(77)49-14-9-13-48(34-49)51-15-10-22-74(43-51)58(75)40-64-38-50-16-18-53(80-3)36-57(50)81-5-2/h9,13-14,16-19,33-37,39,44,47,51,59,64H,4-8,10-12,15,20-32,38,40-43H2,1-3H3,(H,67,76)(H,68,77)/t51-,59-/m0/s1. The Morgan fingerprint density at radius 2 is 1.53 bits per heavy atom. The summed E-state index contributed by atoms with van der Waals surface area (Å²) in [6.45, 7) is 15.8. The summed E-state index contributed by atoms with van der Waals surface area (Å²) in [5.41, 5.74) is 7.39. The first-order valence-electron chi connectivity index (χ1n) is 30.0. The number of ether oxygens (including phenoxy) is 2. The molecule has 5 aliphatic rings. The summed E-state index contributed by atoms with van der Waals surface area (Å²) in [6.07, 6.45) is 13.2. The Balaban J connectivity index is 0.655. The zero-order valence-electron chi connectivity index (χ0n) is 47.8. The number of likely N-dealkylation sites (tertiary alicyclic amines) is 2. The number of carbonyl (C=O) groups is 4. The number of piperidine rings is 2. The molecule has 3 N–H and O–H groups in total. The van der Waals surface area contributed by atoms with Crippen LogP contribution in [0.4, 0.5) is 5.69 Å². The summed E-state index contributed by atoms with van der Waals surface area (Å²) in [5, 5.41) is 6.58. The molecule has 4 amide bonds. The molecular formula is C63H83N11O7. The Labute approximate surface area is 476 Å². The number of amides is 4. The number of hydrogen-bond donors (Lipinski definition) is 3. The third-order valence-corrected chi connectivity index (χ3v) is 17.7. The van der Waals surface area contributed by atoms with Crippen molar-refractivity contribution in [1.29, 1.82) is 0 Å². The summed E-state index contributed by atoms with van der Waals surface area (Å²) in [6, 6.07) is 20.7. The average Bonchev–Trinajstić information content (AvgIpc) is 3.51. The molecule has 1 aliphatic carbocycles. The lowest BCUT2D eigenvalue weighted by atomic mass is 9.83. The Morgan fingerprint density at radius 1 is 0.741 bits per heavy atom. The van der Waals surface area contributed by atoms with Gasteiger partial charge in [-0.1, -0.05) is 44.4 Å². The van der Waals surface area contributed by atoms with E-state index < -0.39 is 6.04 Å². The van der Waals surface area contributed by atoms with E-state index in [1.807, 2.05) is 102 Å². The number of H-pyrrole nitrogens is 1. The largest absolute Gasteiger partial charge is 0.497 e. The van der Waals surface area contributed by atoms with Crippen LogP contribution in [0.2, 0.25) is 0 Å². The van der Waals surface area contributed by atoms with Crippen LogP contribution >= 0.6 is 0 Å². The number of hydrogen-bond acceptors (Lipinski definition) is 13. The minimum absolute atomic E-state index is 0.0201. The summed E-state index contributed by atoms with van der Waals surface area (Å²) in [4.78, 5) is 93.6. The number of rotatable bonds is 19. The quantitative estimate of drug-likeness (QED) is 0.0816. The number of aromatic nitrogens is 3. The number of nitrogens with one attached hydrogen (secondary N) is 3. The number of benzene rings is 2. The molecule has 5 aromatic rings. The number of nitrogens with zero attached hydrogens (tertiary/aromatic N) is 8.